The van der Waals surface area contributed by atoms with Gasteiger partial charge in [-0.15, -0.1) is 0 Å². The molecule has 1 aliphatic heterocycles. The van der Waals surface area contributed by atoms with Crippen LogP contribution >= 0.6 is 0 Å². The fraction of sp³-hybridized carbons (Fsp3) is 0.160. The summed E-state index contributed by atoms with van der Waals surface area (Å²) in [5.74, 6) is 2.01. The van der Waals surface area contributed by atoms with Crippen molar-refractivity contribution in [2.45, 2.75) is 19.8 Å². The molecule has 0 N–H and O–H groups in total. The zero-order chi connectivity index (χ0) is 19.5. The number of para-hydroxylation sites is 1. The van der Waals surface area contributed by atoms with Crippen molar-refractivity contribution in [3.63, 3.8) is 0 Å². The van der Waals surface area contributed by atoms with Crippen LogP contribution in [0.25, 0.3) is 5.76 Å². The highest BCUT2D eigenvalue weighted by Crippen LogP contribution is 2.45. The fourth-order valence-electron chi connectivity index (χ4n) is 3.61. The van der Waals surface area contributed by atoms with Crippen LogP contribution in [0.1, 0.15) is 35.1 Å². The zero-order valence-electron chi connectivity index (χ0n) is 16.0. The molecule has 140 valence electrons. The van der Waals surface area contributed by atoms with Crippen LogP contribution in [0.4, 0.5) is 0 Å². The van der Waals surface area contributed by atoms with Crippen LogP contribution in [-0.4, -0.2) is 12.9 Å². The van der Waals surface area contributed by atoms with Gasteiger partial charge in [0.25, 0.3) is 0 Å². The van der Waals surface area contributed by atoms with Gasteiger partial charge in [-0.1, -0.05) is 48.0 Å². The van der Waals surface area contributed by atoms with E-state index in [0.717, 1.165) is 34.5 Å². The van der Waals surface area contributed by atoms with Gasteiger partial charge in [-0.2, -0.15) is 0 Å². The highest BCUT2D eigenvalue weighted by Gasteiger charge is 2.31. The normalized spacial score (nSPS) is 15.6. The van der Waals surface area contributed by atoms with E-state index >= 15 is 0 Å². The lowest BCUT2D eigenvalue weighted by atomic mass is 9.81. The van der Waals surface area contributed by atoms with E-state index < -0.39 is 0 Å². The number of allylic oxidation sites excluding steroid dienone is 1. The van der Waals surface area contributed by atoms with Gasteiger partial charge in [-0.3, -0.25) is 4.79 Å². The van der Waals surface area contributed by atoms with Crippen molar-refractivity contribution in [3.05, 3.63) is 101 Å². The predicted molar refractivity (Wildman–Crippen MR) is 111 cm³/mol. The lowest BCUT2D eigenvalue weighted by molar-refractivity contribution is -0.105. The number of ether oxygens (including phenoxy) is 2. The van der Waals surface area contributed by atoms with Crippen molar-refractivity contribution >= 4 is 12.0 Å². The molecule has 1 atom stereocenters. The summed E-state index contributed by atoms with van der Waals surface area (Å²) in [7, 11) is 0. The van der Waals surface area contributed by atoms with E-state index in [4.69, 9.17) is 9.47 Å². The molecule has 3 aromatic rings. The third kappa shape index (κ3) is 3.31. The second kappa shape index (κ2) is 7.73. The van der Waals surface area contributed by atoms with E-state index in [-0.39, 0.29) is 5.92 Å². The summed E-state index contributed by atoms with van der Waals surface area (Å²) in [4.78, 5) is 12.2. The number of hydrogen-bond acceptors (Lipinski definition) is 3. The first-order chi connectivity index (χ1) is 13.7. The maximum absolute atomic E-state index is 12.2. The third-order valence-electron chi connectivity index (χ3n) is 4.98. The lowest BCUT2D eigenvalue weighted by Crippen LogP contribution is -2.17. The molecule has 1 heterocycles. The number of carbonyl (C=O) groups excluding carboxylic acids is 1. The van der Waals surface area contributed by atoms with Crippen molar-refractivity contribution in [1.82, 2.24) is 0 Å². The lowest BCUT2D eigenvalue weighted by Gasteiger charge is -2.29. The maximum Gasteiger partial charge on any atom is 0.150 e. The number of rotatable bonds is 5. The monoisotopic (exact) mass is 370 g/mol. The van der Waals surface area contributed by atoms with Gasteiger partial charge in [0.1, 0.15) is 17.3 Å². The van der Waals surface area contributed by atoms with Crippen LogP contribution in [0.15, 0.2) is 78.4 Å². The number of benzene rings is 3. The van der Waals surface area contributed by atoms with Gasteiger partial charge >= 0.3 is 0 Å². The minimum absolute atomic E-state index is 0.162. The van der Waals surface area contributed by atoms with E-state index in [1.165, 1.54) is 5.56 Å². The Kier molecular flexibility index (Phi) is 4.98. The van der Waals surface area contributed by atoms with Gasteiger partial charge in [0.05, 0.1) is 6.61 Å². The molecule has 0 aliphatic carbocycles. The molecular weight excluding hydrogens is 348 g/mol. The molecular formula is C25H22O3. The van der Waals surface area contributed by atoms with Gasteiger partial charge < -0.3 is 9.47 Å². The Morgan fingerprint density at radius 1 is 0.964 bits per heavy atom. The summed E-state index contributed by atoms with van der Waals surface area (Å²) < 4.78 is 11.7. The summed E-state index contributed by atoms with van der Waals surface area (Å²) in [5.41, 5.74) is 4.76. The Labute approximate surface area is 165 Å². The second-order valence-electron chi connectivity index (χ2n) is 6.84. The predicted octanol–water partition coefficient (Wildman–Crippen LogP) is 5.53. The summed E-state index contributed by atoms with van der Waals surface area (Å²) in [6, 6.07) is 23.9. The first-order valence-corrected chi connectivity index (χ1v) is 9.47. The molecule has 0 radical (unpaired) electrons. The van der Waals surface area contributed by atoms with Crippen LogP contribution in [0.2, 0.25) is 0 Å². The molecule has 0 saturated heterocycles. The van der Waals surface area contributed by atoms with Crippen LogP contribution in [0.3, 0.4) is 0 Å². The largest absolute Gasteiger partial charge is 0.494 e. The van der Waals surface area contributed by atoms with Crippen LogP contribution in [-0.2, 0) is 4.79 Å². The summed E-state index contributed by atoms with van der Waals surface area (Å²) in [5, 5.41) is 0. The zero-order valence-corrected chi connectivity index (χ0v) is 16.0. The van der Waals surface area contributed by atoms with E-state index in [0.29, 0.717) is 17.9 Å². The molecule has 0 spiro atoms. The summed E-state index contributed by atoms with van der Waals surface area (Å²) >= 11 is 0. The number of carbonyl (C=O) groups is 1. The quantitative estimate of drug-likeness (QED) is 0.554. The summed E-state index contributed by atoms with van der Waals surface area (Å²) in [6.45, 7) is 4.62. The standard InChI is InChI=1S/C25H22O3/c1-3-27-20-14-12-19(13-15-20)25-22(16-26)24(18-10-8-17(2)9-11-18)21-6-4-5-7-23(21)28-25/h4-16,24H,3H2,1-2H3. The van der Waals surface area contributed by atoms with Crippen LogP contribution < -0.4 is 9.47 Å². The van der Waals surface area contributed by atoms with Gasteiger partial charge in [0.15, 0.2) is 6.29 Å². The molecule has 0 saturated carbocycles. The minimum Gasteiger partial charge on any atom is -0.494 e. The first kappa shape index (κ1) is 18.1. The fourth-order valence-corrected chi connectivity index (χ4v) is 3.61. The molecule has 0 bridgehead atoms. The Bertz CT molecular complexity index is 1010. The number of hydrogen-bond donors (Lipinski definition) is 0. The molecule has 1 unspecified atom stereocenters. The topological polar surface area (TPSA) is 35.5 Å². The molecule has 28 heavy (non-hydrogen) atoms. The molecule has 1 aliphatic rings. The Balaban J connectivity index is 1.86. The SMILES string of the molecule is CCOc1ccc(C2=C(C=O)C(c3ccc(C)cc3)c3ccccc3O2)cc1. The second-order valence-corrected chi connectivity index (χ2v) is 6.84. The van der Waals surface area contributed by atoms with E-state index in [9.17, 15) is 4.79 Å². The Morgan fingerprint density at radius 2 is 1.68 bits per heavy atom. The van der Waals surface area contributed by atoms with Gasteiger partial charge in [-0.25, -0.2) is 0 Å². The molecule has 0 amide bonds. The third-order valence-corrected chi connectivity index (χ3v) is 4.98. The highest BCUT2D eigenvalue weighted by molar-refractivity contribution is 5.91. The van der Waals surface area contributed by atoms with Crippen molar-refractivity contribution < 1.29 is 14.3 Å². The van der Waals surface area contributed by atoms with Crippen LogP contribution in [0, 0.1) is 6.92 Å². The van der Waals surface area contributed by atoms with Crippen molar-refractivity contribution in [2.24, 2.45) is 0 Å². The average Bonchev–Trinajstić information content (AvgIpc) is 2.74. The highest BCUT2D eigenvalue weighted by atomic mass is 16.5. The smallest absolute Gasteiger partial charge is 0.150 e. The average molecular weight is 370 g/mol. The number of aldehydes is 1. The molecule has 0 fully saturated rings. The first-order valence-electron chi connectivity index (χ1n) is 9.47. The summed E-state index contributed by atoms with van der Waals surface area (Å²) in [6.07, 6.45) is 0.923. The van der Waals surface area contributed by atoms with Gasteiger partial charge in [-0.05, 0) is 49.7 Å². The number of aryl methyl sites for hydroxylation is 1. The van der Waals surface area contributed by atoms with E-state index in [2.05, 4.69) is 31.2 Å². The van der Waals surface area contributed by atoms with Gasteiger partial charge in [0, 0.05) is 22.6 Å². The van der Waals surface area contributed by atoms with Gasteiger partial charge in [0.2, 0.25) is 0 Å². The Morgan fingerprint density at radius 3 is 2.36 bits per heavy atom. The van der Waals surface area contributed by atoms with E-state index in [1.54, 1.807) is 0 Å². The molecule has 0 aromatic heterocycles. The number of fused-ring (bicyclic) bond motifs is 1. The molecule has 3 heteroatoms. The van der Waals surface area contributed by atoms with Crippen molar-refractivity contribution in [3.8, 4) is 11.5 Å². The van der Waals surface area contributed by atoms with Crippen molar-refractivity contribution in [2.75, 3.05) is 6.61 Å². The molecule has 3 nitrogen and oxygen atoms in total. The molecule has 3 aromatic carbocycles. The maximum atomic E-state index is 12.2. The molecule has 4 rings (SSSR count). The minimum atomic E-state index is -0.162. The van der Waals surface area contributed by atoms with Crippen molar-refractivity contribution in [1.29, 1.82) is 0 Å². The van der Waals surface area contributed by atoms with E-state index in [1.807, 2.05) is 55.5 Å². The Hall–Kier alpha value is -3.33. The van der Waals surface area contributed by atoms with Crippen LogP contribution in [0.5, 0.6) is 11.5 Å².